The number of ether oxygens (including phenoxy) is 1. The Kier molecular flexibility index (Phi) is 5.12. The van der Waals surface area contributed by atoms with Crippen molar-refractivity contribution in [1.82, 2.24) is 20.1 Å². The first-order chi connectivity index (χ1) is 10.4. The molecule has 0 aliphatic carbocycles. The second-order valence-corrected chi connectivity index (χ2v) is 5.71. The Bertz CT molecular complexity index is 545. The van der Waals surface area contributed by atoms with Crippen LogP contribution >= 0.6 is 0 Å². The van der Waals surface area contributed by atoms with Crippen LogP contribution in [-0.2, 0) is 20.9 Å². The van der Waals surface area contributed by atoms with E-state index in [1.807, 2.05) is 0 Å². The lowest BCUT2D eigenvalue weighted by atomic mass is 10.0. The maximum Gasteiger partial charge on any atom is 0.223 e. The first-order valence-electron chi connectivity index (χ1n) is 7.22. The van der Waals surface area contributed by atoms with Crippen molar-refractivity contribution >= 4 is 11.8 Å². The second-order valence-electron chi connectivity index (χ2n) is 5.71. The van der Waals surface area contributed by atoms with Gasteiger partial charge < -0.3 is 14.5 Å². The van der Waals surface area contributed by atoms with Gasteiger partial charge in [-0.05, 0) is 6.92 Å². The van der Waals surface area contributed by atoms with Gasteiger partial charge in [-0.3, -0.25) is 9.59 Å². The number of aryl methyl sites for hydroxylation is 1. The summed E-state index contributed by atoms with van der Waals surface area (Å²) >= 11 is 0. The number of likely N-dealkylation sites (tertiary alicyclic amines) is 1. The number of methoxy groups -OCH3 is 1. The molecule has 0 unspecified atom stereocenters. The third-order valence-electron chi connectivity index (χ3n) is 4.12. The molecule has 1 saturated heterocycles. The summed E-state index contributed by atoms with van der Waals surface area (Å²) in [6, 6.07) is 0. The average molecular weight is 310 g/mol. The summed E-state index contributed by atoms with van der Waals surface area (Å²) in [5.74, 6) is 0.00915. The van der Waals surface area contributed by atoms with Crippen LogP contribution in [0.2, 0.25) is 0 Å². The van der Waals surface area contributed by atoms with Gasteiger partial charge in [0.1, 0.15) is 11.4 Å². The molecule has 0 radical (unpaired) electrons. The molecule has 22 heavy (non-hydrogen) atoms. The lowest BCUT2D eigenvalue weighted by molar-refractivity contribution is -0.132. The van der Waals surface area contributed by atoms with Crippen molar-refractivity contribution in [2.75, 3.05) is 27.2 Å². The zero-order valence-corrected chi connectivity index (χ0v) is 13.4. The first-order valence-corrected chi connectivity index (χ1v) is 7.22. The van der Waals surface area contributed by atoms with Crippen molar-refractivity contribution in [1.29, 1.82) is 0 Å². The maximum atomic E-state index is 12.4. The van der Waals surface area contributed by atoms with Gasteiger partial charge in [-0.1, -0.05) is 10.3 Å². The van der Waals surface area contributed by atoms with Gasteiger partial charge in [-0.2, -0.15) is 0 Å². The summed E-state index contributed by atoms with van der Waals surface area (Å²) in [4.78, 5) is 27.1. The molecule has 122 valence electrons. The standard InChI is InChI=1S/C14H22N4O4/c1-9-12(16-22-15-9)7-17(3)14(20)5-11-6-18(10(2)19)8-13(11)21-4/h11,13H,5-8H2,1-4H3/t11-,13-/m0/s1. The summed E-state index contributed by atoms with van der Waals surface area (Å²) in [7, 11) is 3.33. The SMILES string of the molecule is CO[C@H]1CN(C(C)=O)C[C@@H]1CC(=O)N(C)Cc1nonc1C. The van der Waals surface area contributed by atoms with Gasteiger partial charge in [-0.25, -0.2) is 4.63 Å². The van der Waals surface area contributed by atoms with Crippen molar-refractivity contribution in [3.63, 3.8) is 0 Å². The summed E-state index contributed by atoms with van der Waals surface area (Å²) < 4.78 is 10.0. The molecule has 1 aromatic heterocycles. The lowest BCUT2D eigenvalue weighted by Gasteiger charge is -2.20. The van der Waals surface area contributed by atoms with Crippen LogP contribution in [0.4, 0.5) is 0 Å². The normalized spacial score (nSPS) is 21.2. The molecule has 1 aromatic rings. The Morgan fingerprint density at radius 1 is 1.41 bits per heavy atom. The Hall–Kier alpha value is -1.96. The van der Waals surface area contributed by atoms with E-state index in [4.69, 9.17) is 4.74 Å². The molecular weight excluding hydrogens is 288 g/mol. The molecule has 0 bridgehead atoms. The number of aromatic nitrogens is 2. The van der Waals surface area contributed by atoms with Gasteiger partial charge in [0.2, 0.25) is 11.8 Å². The van der Waals surface area contributed by atoms with E-state index in [9.17, 15) is 9.59 Å². The molecular formula is C14H22N4O4. The van der Waals surface area contributed by atoms with Crippen molar-refractivity contribution in [2.24, 2.45) is 5.92 Å². The molecule has 1 aliphatic rings. The number of amides is 2. The molecule has 8 heteroatoms. The number of carbonyl (C=O) groups is 2. The topological polar surface area (TPSA) is 88.8 Å². The monoisotopic (exact) mass is 310 g/mol. The van der Waals surface area contributed by atoms with Crippen LogP contribution in [0.25, 0.3) is 0 Å². The number of nitrogens with zero attached hydrogens (tertiary/aromatic N) is 4. The van der Waals surface area contributed by atoms with E-state index in [-0.39, 0.29) is 23.8 Å². The van der Waals surface area contributed by atoms with Crippen LogP contribution in [0.5, 0.6) is 0 Å². The molecule has 2 amide bonds. The van der Waals surface area contributed by atoms with E-state index >= 15 is 0 Å². The highest BCUT2D eigenvalue weighted by Gasteiger charge is 2.36. The summed E-state index contributed by atoms with van der Waals surface area (Å²) in [5.41, 5.74) is 1.33. The minimum absolute atomic E-state index is 0.00894. The highest BCUT2D eigenvalue weighted by Crippen LogP contribution is 2.23. The summed E-state index contributed by atoms with van der Waals surface area (Å²) in [5, 5.41) is 7.48. The first kappa shape index (κ1) is 16.4. The Balaban J connectivity index is 1.93. The molecule has 1 aliphatic heterocycles. The predicted molar refractivity (Wildman–Crippen MR) is 76.7 cm³/mol. The van der Waals surface area contributed by atoms with Crippen LogP contribution in [0.1, 0.15) is 24.7 Å². The molecule has 0 aromatic carbocycles. The van der Waals surface area contributed by atoms with E-state index in [1.54, 1.807) is 30.9 Å². The van der Waals surface area contributed by atoms with Gasteiger partial charge in [0, 0.05) is 46.5 Å². The molecule has 2 rings (SSSR count). The van der Waals surface area contributed by atoms with Crippen molar-refractivity contribution in [3.05, 3.63) is 11.4 Å². The lowest BCUT2D eigenvalue weighted by Crippen LogP contribution is -2.32. The Morgan fingerprint density at radius 3 is 2.68 bits per heavy atom. The van der Waals surface area contributed by atoms with Crippen LogP contribution in [0, 0.1) is 12.8 Å². The number of rotatable bonds is 5. The van der Waals surface area contributed by atoms with Gasteiger partial charge in [-0.15, -0.1) is 0 Å². The Labute approximate surface area is 129 Å². The fraction of sp³-hybridized carbons (Fsp3) is 0.714. The maximum absolute atomic E-state index is 12.4. The number of hydrogen-bond donors (Lipinski definition) is 0. The third-order valence-corrected chi connectivity index (χ3v) is 4.12. The minimum Gasteiger partial charge on any atom is -0.379 e. The zero-order chi connectivity index (χ0) is 16.3. The molecule has 1 fully saturated rings. The smallest absolute Gasteiger partial charge is 0.223 e. The third kappa shape index (κ3) is 3.62. The fourth-order valence-electron chi connectivity index (χ4n) is 2.65. The summed E-state index contributed by atoms with van der Waals surface area (Å²) in [6.07, 6.45) is 0.236. The van der Waals surface area contributed by atoms with E-state index in [1.165, 1.54) is 6.92 Å². The summed E-state index contributed by atoms with van der Waals surface area (Å²) in [6.45, 7) is 4.77. The van der Waals surface area contributed by atoms with Gasteiger partial charge in [0.25, 0.3) is 0 Å². The molecule has 2 heterocycles. The fourth-order valence-corrected chi connectivity index (χ4v) is 2.65. The van der Waals surface area contributed by atoms with Crippen molar-refractivity contribution in [3.8, 4) is 0 Å². The second kappa shape index (κ2) is 6.87. The van der Waals surface area contributed by atoms with Crippen LogP contribution in [-0.4, -0.2) is 65.3 Å². The molecule has 0 N–H and O–H groups in total. The molecule has 0 saturated carbocycles. The van der Waals surface area contributed by atoms with E-state index in [2.05, 4.69) is 14.9 Å². The molecule has 2 atom stereocenters. The average Bonchev–Trinajstić information content (AvgIpc) is 3.05. The largest absolute Gasteiger partial charge is 0.379 e. The molecule has 8 nitrogen and oxygen atoms in total. The zero-order valence-electron chi connectivity index (χ0n) is 13.4. The number of hydrogen-bond acceptors (Lipinski definition) is 6. The van der Waals surface area contributed by atoms with Crippen LogP contribution in [0.15, 0.2) is 4.63 Å². The Morgan fingerprint density at radius 2 is 2.14 bits per heavy atom. The van der Waals surface area contributed by atoms with Gasteiger partial charge in [0.15, 0.2) is 0 Å². The van der Waals surface area contributed by atoms with Gasteiger partial charge in [0.05, 0.1) is 12.6 Å². The van der Waals surface area contributed by atoms with Crippen molar-refractivity contribution in [2.45, 2.75) is 32.9 Å². The van der Waals surface area contributed by atoms with Crippen molar-refractivity contribution < 1.29 is 19.0 Å². The van der Waals surface area contributed by atoms with Crippen LogP contribution in [0.3, 0.4) is 0 Å². The highest BCUT2D eigenvalue weighted by atomic mass is 16.6. The van der Waals surface area contributed by atoms with E-state index in [0.29, 0.717) is 37.4 Å². The molecule has 0 spiro atoms. The van der Waals surface area contributed by atoms with Gasteiger partial charge >= 0.3 is 0 Å². The minimum atomic E-state index is -0.100. The van der Waals surface area contributed by atoms with E-state index < -0.39 is 0 Å². The van der Waals surface area contributed by atoms with E-state index in [0.717, 1.165) is 0 Å². The highest BCUT2D eigenvalue weighted by molar-refractivity contribution is 5.77. The van der Waals surface area contributed by atoms with Crippen LogP contribution < -0.4 is 0 Å². The number of carbonyl (C=O) groups excluding carboxylic acids is 2. The quantitative estimate of drug-likeness (QED) is 0.773. The predicted octanol–water partition coefficient (Wildman–Crippen LogP) is 0.220.